The number of aromatic nitrogens is 1. The summed E-state index contributed by atoms with van der Waals surface area (Å²) in [5.41, 5.74) is 4.06. The Morgan fingerprint density at radius 3 is 2.46 bits per heavy atom. The van der Waals surface area contributed by atoms with Crippen LogP contribution in [0.3, 0.4) is 0 Å². The molecule has 0 aliphatic carbocycles. The van der Waals surface area contributed by atoms with Gasteiger partial charge < -0.3 is 5.32 Å². The fourth-order valence-corrected chi connectivity index (χ4v) is 2.83. The molecule has 0 bridgehead atoms. The molecule has 0 radical (unpaired) electrons. The number of rotatable bonds is 2. The van der Waals surface area contributed by atoms with Gasteiger partial charge in [-0.1, -0.05) is 17.7 Å². The SMILES string of the molecule is CC(=O)n1cc(C(=O)Nc2ccc(C)c(C)c2)c2cc(Cl)ccc21. The van der Waals surface area contributed by atoms with E-state index in [1.807, 2.05) is 32.0 Å². The summed E-state index contributed by atoms with van der Waals surface area (Å²) in [4.78, 5) is 24.5. The number of fused-ring (bicyclic) bond motifs is 1. The van der Waals surface area contributed by atoms with E-state index < -0.39 is 0 Å². The summed E-state index contributed by atoms with van der Waals surface area (Å²) in [6.07, 6.45) is 1.56. The first-order valence-electron chi connectivity index (χ1n) is 7.57. The maximum Gasteiger partial charge on any atom is 0.257 e. The van der Waals surface area contributed by atoms with Crippen molar-refractivity contribution in [2.45, 2.75) is 20.8 Å². The van der Waals surface area contributed by atoms with Gasteiger partial charge in [-0.3, -0.25) is 14.2 Å². The molecule has 0 spiro atoms. The number of carbonyl (C=O) groups is 2. The van der Waals surface area contributed by atoms with Crippen molar-refractivity contribution >= 4 is 40.0 Å². The molecule has 0 aliphatic rings. The highest BCUT2D eigenvalue weighted by molar-refractivity contribution is 6.31. The third kappa shape index (κ3) is 2.93. The van der Waals surface area contributed by atoms with Crippen molar-refractivity contribution in [2.75, 3.05) is 5.32 Å². The number of nitrogens with zero attached hydrogens (tertiary/aromatic N) is 1. The highest BCUT2D eigenvalue weighted by atomic mass is 35.5. The van der Waals surface area contributed by atoms with Crippen LogP contribution >= 0.6 is 11.6 Å². The van der Waals surface area contributed by atoms with Crippen molar-refractivity contribution in [3.63, 3.8) is 0 Å². The number of hydrogen-bond donors (Lipinski definition) is 1. The highest BCUT2D eigenvalue weighted by Crippen LogP contribution is 2.26. The van der Waals surface area contributed by atoms with E-state index in [2.05, 4.69) is 5.32 Å². The molecule has 3 rings (SSSR count). The zero-order valence-corrected chi connectivity index (χ0v) is 14.4. The van der Waals surface area contributed by atoms with E-state index in [0.717, 1.165) is 11.1 Å². The fraction of sp³-hybridized carbons (Fsp3) is 0.158. The summed E-state index contributed by atoms with van der Waals surface area (Å²) in [5.74, 6) is -0.432. The Bertz CT molecular complexity index is 973. The van der Waals surface area contributed by atoms with Crippen LogP contribution in [0.5, 0.6) is 0 Å². The number of nitrogens with one attached hydrogen (secondary N) is 1. The first-order chi connectivity index (χ1) is 11.4. The molecule has 1 amide bonds. The standard InChI is InChI=1S/C19H17ClN2O2/c1-11-4-6-15(8-12(11)2)21-19(24)17-10-22(13(3)23)18-7-5-14(20)9-16(17)18/h4-10H,1-3H3,(H,21,24). The molecule has 5 heteroatoms. The second kappa shape index (κ2) is 6.13. The smallest absolute Gasteiger partial charge is 0.257 e. The normalized spacial score (nSPS) is 10.8. The van der Waals surface area contributed by atoms with Crippen LogP contribution in [0.1, 0.15) is 33.2 Å². The lowest BCUT2D eigenvalue weighted by Crippen LogP contribution is -2.12. The third-order valence-corrected chi connectivity index (χ3v) is 4.35. The number of amides is 1. The summed E-state index contributed by atoms with van der Waals surface area (Å²) < 4.78 is 1.46. The van der Waals surface area contributed by atoms with E-state index in [-0.39, 0.29) is 11.8 Å². The van der Waals surface area contributed by atoms with Gasteiger partial charge in [0.1, 0.15) is 0 Å². The van der Waals surface area contributed by atoms with Gasteiger partial charge in [0.15, 0.2) is 0 Å². The molecule has 1 heterocycles. The Kier molecular flexibility index (Phi) is 4.16. The van der Waals surface area contributed by atoms with Gasteiger partial charge in [0.05, 0.1) is 11.1 Å². The molecule has 122 valence electrons. The highest BCUT2D eigenvalue weighted by Gasteiger charge is 2.17. The topological polar surface area (TPSA) is 51.1 Å². The van der Waals surface area contributed by atoms with E-state index in [0.29, 0.717) is 27.2 Å². The molecule has 3 aromatic rings. The lowest BCUT2D eigenvalue weighted by Gasteiger charge is -2.07. The number of hydrogen-bond acceptors (Lipinski definition) is 2. The second-order valence-electron chi connectivity index (χ2n) is 5.85. The molecule has 4 nitrogen and oxygen atoms in total. The Balaban J connectivity index is 2.04. The molecular weight excluding hydrogens is 324 g/mol. The van der Waals surface area contributed by atoms with Gasteiger partial charge in [0.2, 0.25) is 5.91 Å². The minimum absolute atomic E-state index is 0.160. The van der Waals surface area contributed by atoms with E-state index in [4.69, 9.17) is 11.6 Å². The van der Waals surface area contributed by atoms with Crippen molar-refractivity contribution in [1.82, 2.24) is 4.57 Å². The zero-order chi connectivity index (χ0) is 17.4. The van der Waals surface area contributed by atoms with Crippen molar-refractivity contribution in [2.24, 2.45) is 0 Å². The Hall–Kier alpha value is -2.59. The van der Waals surface area contributed by atoms with Gasteiger partial charge in [-0.15, -0.1) is 0 Å². The molecule has 0 unspecified atom stereocenters. The quantitative estimate of drug-likeness (QED) is 0.726. The minimum Gasteiger partial charge on any atom is -0.322 e. The molecule has 1 aromatic heterocycles. The van der Waals surface area contributed by atoms with E-state index in [1.165, 1.54) is 11.5 Å². The van der Waals surface area contributed by atoms with Crippen LogP contribution in [0, 0.1) is 13.8 Å². The van der Waals surface area contributed by atoms with Crippen LogP contribution in [0.2, 0.25) is 5.02 Å². The third-order valence-electron chi connectivity index (χ3n) is 4.12. The summed E-state index contributed by atoms with van der Waals surface area (Å²) in [7, 11) is 0. The summed E-state index contributed by atoms with van der Waals surface area (Å²) in [5, 5.41) is 4.05. The Morgan fingerprint density at radius 2 is 1.79 bits per heavy atom. The average Bonchev–Trinajstić information content (AvgIpc) is 2.90. The molecule has 0 saturated carbocycles. The van der Waals surface area contributed by atoms with E-state index in [9.17, 15) is 9.59 Å². The number of anilines is 1. The maximum absolute atomic E-state index is 12.7. The van der Waals surface area contributed by atoms with Crippen molar-refractivity contribution in [3.05, 3.63) is 64.3 Å². The van der Waals surface area contributed by atoms with Gasteiger partial charge in [-0.25, -0.2) is 0 Å². The van der Waals surface area contributed by atoms with Gasteiger partial charge in [-0.2, -0.15) is 0 Å². The maximum atomic E-state index is 12.7. The van der Waals surface area contributed by atoms with Gasteiger partial charge in [-0.05, 0) is 55.3 Å². The number of benzene rings is 2. The van der Waals surface area contributed by atoms with E-state index in [1.54, 1.807) is 24.4 Å². The van der Waals surface area contributed by atoms with Crippen LogP contribution in [0.25, 0.3) is 10.9 Å². The van der Waals surface area contributed by atoms with Gasteiger partial charge in [0, 0.05) is 29.2 Å². The second-order valence-corrected chi connectivity index (χ2v) is 6.28. The Labute approximate surface area is 145 Å². The predicted molar refractivity (Wildman–Crippen MR) is 97.1 cm³/mol. The molecule has 24 heavy (non-hydrogen) atoms. The summed E-state index contributed by atoms with van der Waals surface area (Å²) in [6, 6.07) is 10.9. The van der Waals surface area contributed by atoms with Crippen molar-refractivity contribution in [1.29, 1.82) is 0 Å². The lowest BCUT2D eigenvalue weighted by atomic mass is 10.1. The minimum atomic E-state index is -0.273. The van der Waals surface area contributed by atoms with Crippen LogP contribution in [-0.4, -0.2) is 16.4 Å². The summed E-state index contributed by atoms with van der Waals surface area (Å²) >= 11 is 6.06. The van der Waals surface area contributed by atoms with E-state index >= 15 is 0 Å². The molecule has 0 saturated heterocycles. The molecular formula is C19H17ClN2O2. The number of halogens is 1. The molecule has 0 fully saturated rings. The first kappa shape index (κ1) is 16.3. The number of aryl methyl sites for hydroxylation is 2. The number of carbonyl (C=O) groups excluding carboxylic acids is 2. The van der Waals surface area contributed by atoms with Crippen LogP contribution in [0.4, 0.5) is 5.69 Å². The van der Waals surface area contributed by atoms with Crippen LogP contribution in [-0.2, 0) is 0 Å². The molecule has 1 N–H and O–H groups in total. The monoisotopic (exact) mass is 340 g/mol. The van der Waals surface area contributed by atoms with Crippen LogP contribution < -0.4 is 5.32 Å². The average molecular weight is 341 g/mol. The summed E-state index contributed by atoms with van der Waals surface area (Å²) in [6.45, 7) is 5.47. The Morgan fingerprint density at radius 1 is 1.04 bits per heavy atom. The zero-order valence-electron chi connectivity index (χ0n) is 13.7. The first-order valence-corrected chi connectivity index (χ1v) is 7.95. The predicted octanol–water partition coefficient (Wildman–Crippen LogP) is 4.82. The lowest BCUT2D eigenvalue weighted by molar-refractivity contribution is 0.0941. The fourth-order valence-electron chi connectivity index (χ4n) is 2.66. The molecule has 2 aromatic carbocycles. The molecule has 0 aliphatic heterocycles. The van der Waals surface area contributed by atoms with Crippen LogP contribution in [0.15, 0.2) is 42.6 Å². The van der Waals surface area contributed by atoms with Crippen molar-refractivity contribution < 1.29 is 9.59 Å². The van der Waals surface area contributed by atoms with Gasteiger partial charge >= 0.3 is 0 Å². The molecule has 0 atom stereocenters. The largest absolute Gasteiger partial charge is 0.322 e. The van der Waals surface area contributed by atoms with Crippen molar-refractivity contribution in [3.8, 4) is 0 Å². The van der Waals surface area contributed by atoms with Gasteiger partial charge in [0.25, 0.3) is 5.91 Å².